The molecule has 0 saturated carbocycles. The van der Waals surface area contributed by atoms with E-state index in [9.17, 15) is 4.79 Å². The van der Waals surface area contributed by atoms with Crippen molar-refractivity contribution in [3.8, 4) is 16.9 Å². The quantitative estimate of drug-likeness (QED) is 0.497. The molecule has 0 saturated heterocycles. The van der Waals surface area contributed by atoms with Gasteiger partial charge in [0.25, 0.3) is 0 Å². The van der Waals surface area contributed by atoms with E-state index in [0.717, 1.165) is 16.9 Å². The van der Waals surface area contributed by atoms with E-state index in [2.05, 4.69) is 5.10 Å². The van der Waals surface area contributed by atoms with Crippen molar-refractivity contribution >= 4 is 5.91 Å². The Bertz CT molecular complexity index is 609. The number of carbonyl (C=O) groups is 1. The van der Waals surface area contributed by atoms with Crippen molar-refractivity contribution in [2.75, 3.05) is 13.2 Å². The molecule has 21 heavy (non-hydrogen) atoms. The highest BCUT2D eigenvalue weighted by atomic mass is 16.5. The molecule has 6 nitrogen and oxygen atoms in total. The Kier molecular flexibility index (Phi) is 4.94. The summed E-state index contributed by atoms with van der Waals surface area (Å²) in [7, 11) is 1.88. The summed E-state index contributed by atoms with van der Waals surface area (Å²) >= 11 is 0. The van der Waals surface area contributed by atoms with Crippen molar-refractivity contribution in [2.45, 2.75) is 13.3 Å². The van der Waals surface area contributed by atoms with Crippen molar-refractivity contribution in [1.82, 2.24) is 14.8 Å². The van der Waals surface area contributed by atoms with E-state index in [1.807, 2.05) is 37.5 Å². The number of hydrogen-bond donors (Lipinski definition) is 1. The lowest BCUT2D eigenvalue weighted by Gasteiger charge is -2.16. The van der Waals surface area contributed by atoms with Gasteiger partial charge >= 0.3 is 0 Å². The van der Waals surface area contributed by atoms with Gasteiger partial charge < -0.3 is 4.74 Å². The summed E-state index contributed by atoms with van der Waals surface area (Å²) in [6.07, 6.45) is 4.15. The van der Waals surface area contributed by atoms with Gasteiger partial charge in [-0.3, -0.25) is 14.5 Å². The molecule has 112 valence electrons. The predicted octanol–water partition coefficient (Wildman–Crippen LogP) is 1.58. The third-order valence-corrected chi connectivity index (χ3v) is 3.10. The summed E-state index contributed by atoms with van der Waals surface area (Å²) in [6.45, 7) is 2.50. The van der Waals surface area contributed by atoms with Crippen LogP contribution in [0.25, 0.3) is 11.1 Å². The largest absolute Gasteiger partial charge is 0.492 e. The molecule has 6 heteroatoms. The van der Waals surface area contributed by atoms with Gasteiger partial charge in [0.2, 0.25) is 5.91 Å². The molecule has 0 fully saturated rings. The maximum Gasteiger partial charge on any atom is 0.236 e. The number of nitrogens with zero attached hydrogens (tertiary/aromatic N) is 3. The summed E-state index contributed by atoms with van der Waals surface area (Å²) in [5.41, 5.74) is 2.07. The Morgan fingerprint density at radius 3 is 2.90 bits per heavy atom. The molecule has 0 atom stereocenters. The summed E-state index contributed by atoms with van der Waals surface area (Å²) in [4.78, 5) is 11.3. The molecule has 0 spiro atoms. The molecule has 1 aromatic heterocycles. The van der Waals surface area contributed by atoms with Gasteiger partial charge in [-0.05, 0) is 17.7 Å². The van der Waals surface area contributed by atoms with Crippen LogP contribution in [0.1, 0.15) is 13.3 Å². The Morgan fingerprint density at radius 1 is 1.43 bits per heavy atom. The third kappa shape index (κ3) is 4.06. The van der Waals surface area contributed by atoms with Crippen LogP contribution in [0.2, 0.25) is 0 Å². The molecule has 1 amide bonds. The second-order valence-corrected chi connectivity index (χ2v) is 4.72. The zero-order chi connectivity index (χ0) is 15.2. The van der Waals surface area contributed by atoms with Crippen LogP contribution in [-0.2, 0) is 11.8 Å². The fourth-order valence-electron chi connectivity index (χ4n) is 1.93. The fourth-order valence-corrected chi connectivity index (χ4v) is 1.93. The van der Waals surface area contributed by atoms with Gasteiger partial charge in [0.05, 0.1) is 12.7 Å². The second kappa shape index (κ2) is 6.90. The first-order valence-electron chi connectivity index (χ1n) is 6.87. The van der Waals surface area contributed by atoms with Gasteiger partial charge in [0, 0.05) is 25.2 Å². The number of rotatable bonds is 6. The van der Waals surface area contributed by atoms with Crippen LogP contribution in [0.3, 0.4) is 0 Å². The van der Waals surface area contributed by atoms with Crippen molar-refractivity contribution in [2.24, 2.45) is 12.9 Å². The predicted molar refractivity (Wildman–Crippen MR) is 80.3 cm³/mol. The Morgan fingerprint density at radius 2 is 2.24 bits per heavy atom. The Labute approximate surface area is 124 Å². The van der Waals surface area contributed by atoms with Gasteiger partial charge in [0.15, 0.2) is 0 Å². The summed E-state index contributed by atoms with van der Waals surface area (Å²) in [5, 5.41) is 5.34. The molecule has 2 rings (SSSR count). The number of aryl methyl sites for hydroxylation is 1. The number of carbonyl (C=O) groups excluding carboxylic acids is 1. The van der Waals surface area contributed by atoms with Crippen LogP contribution in [0.5, 0.6) is 5.75 Å². The van der Waals surface area contributed by atoms with E-state index in [-0.39, 0.29) is 5.91 Å². The highest BCUT2D eigenvalue weighted by Crippen LogP contribution is 2.23. The average Bonchev–Trinajstić information content (AvgIpc) is 2.93. The first kappa shape index (κ1) is 15.1. The molecule has 2 aromatic rings. The smallest absolute Gasteiger partial charge is 0.236 e. The number of amides is 1. The van der Waals surface area contributed by atoms with Crippen LogP contribution in [-0.4, -0.2) is 33.8 Å². The van der Waals surface area contributed by atoms with E-state index in [1.165, 1.54) is 5.01 Å². The van der Waals surface area contributed by atoms with Crippen molar-refractivity contribution < 1.29 is 9.53 Å². The summed E-state index contributed by atoms with van der Waals surface area (Å²) in [6, 6.07) is 7.75. The molecule has 0 radical (unpaired) electrons. The molecule has 1 aromatic carbocycles. The molecule has 1 heterocycles. The first-order valence-corrected chi connectivity index (χ1v) is 6.87. The van der Waals surface area contributed by atoms with Crippen LogP contribution in [0.4, 0.5) is 0 Å². The number of hydrogen-bond acceptors (Lipinski definition) is 4. The molecular formula is C15H20N4O2. The minimum atomic E-state index is -0.0947. The summed E-state index contributed by atoms with van der Waals surface area (Å²) in [5.74, 6) is 6.26. The van der Waals surface area contributed by atoms with Crippen LogP contribution < -0.4 is 10.6 Å². The molecule has 2 N–H and O–H groups in total. The normalized spacial score (nSPS) is 10.4. The monoisotopic (exact) mass is 288 g/mol. The van der Waals surface area contributed by atoms with Crippen molar-refractivity contribution in [3.63, 3.8) is 0 Å². The highest BCUT2D eigenvalue weighted by molar-refractivity contribution is 5.75. The molecule has 0 aliphatic carbocycles. The molecule has 0 aliphatic heterocycles. The van der Waals surface area contributed by atoms with E-state index in [4.69, 9.17) is 10.6 Å². The number of benzene rings is 1. The fraction of sp³-hybridized carbons (Fsp3) is 0.333. The van der Waals surface area contributed by atoms with Crippen LogP contribution in [0.15, 0.2) is 36.7 Å². The van der Waals surface area contributed by atoms with E-state index >= 15 is 0 Å². The number of aromatic nitrogens is 2. The first-order chi connectivity index (χ1) is 10.1. The SMILES string of the molecule is CCC(=O)N(N)CCOc1cccc(-c2cnn(C)c2)c1. The molecule has 0 bridgehead atoms. The van der Waals surface area contributed by atoms with E-state index < -0.39 is 0 Å². The molecule has 0 unspecified atom stereocenters. The minimum absolute atomic E-state index is 0.0947. The highest BCUT2D eigenvalue weighted by Gasteiger charge is 2.07. The maximum absolute atomic E-state index is 11.3. The Hall–Kier alpha value is -2.34. The van der Waals surface area contributed by atoms with Crippen LogP contribution in [0, 0.1) is 0 Å². The van der Waals surface area contributed by atoms with Gasteiger partial charge in [-0.25, -0.2) is 5.84 Å². The number of ether oxygens (including phenoxy) is 1. The van der Waals surface area contributed by atoms with Gasteiger partial charge in [-0.15, -0.1) is 0 Å². The van der Waals surface area contributed by atoms with Gasteiger partial charge in [0.1, 0.15) is 12.4 Å². The summed E-state index contributed by atoms with van der Waals surface area (Å²) < 4.78 is 7.39. The zero-order valence-electron chi connectivity index (χ0n) is 12.3. The lowest BCUT2D eigenvalue weighted by molar-refractivity contribution is -0.131. The maximum atomic E-state index is 11.3. The third-order valence-electron chi connectivity index (χ3n) is 3.10. The number of hydrazine groups is 1. The van der Waals surface area contributed by atoms with Gasteiger partial charge in [-0.2, -0.15) is 5.10 Å². The Balaban J connectivity index is 1.94. The second-order valence-electron chi connectivity index (χ2n) is 4.72. The van der Waals surface area contributed by atoms with E-state index in [1.54, 1.807) is 17.8 Å². The molecule has 0 aliphatic rings. The lowest BCUT2D eigenvalue weighted by Crippen LogP contribution is -2.39. The molecular weight excluding hydrogens is 268 g/mol. The topological polar surface area (TPSA) is 73.4 Å². The van der Waals surface area contributed by atoms with Crippen LogP contribution >= 0.6 is 0 Å². The van der Waals surface area contributed by atoms with E-state index in [0.29, 0.717) is 19.6 Å². The zero-order valence-corrected chi connectivity index (χ0v) is 12.3. The number of nitrogens with two attached hydrogens (primary N) is 1. The van der Waals surface area contributed by atoms with Gasteiger partial charge in [-0.1, -0.05) is 19.1 Å². The van der Waals surface area contributed by atoms with Crippen molar-refractivity contribution in [3.05, 3.63) is 36.7 Å². The van der Waals surface area contributed by atoms with Crippen molar-refractivity contribution in [1.29, 1.82) is 0 Å². The average molecular weight is 288 g/mol. The lowest BCUT2D eigenvalue weighted by atomic mass is 10.1. The standard InChI is InChI=1S/C15H20N4O2/c1-3-15(20)19(16)7-8-21-14-6-4-5-12(9-14)13-10-17-18(2)11-13/h4-6,9-11H,3,7-8,16H2,1-2H3. The minimum Gasteiger partial charge on any atom is -0.492 e.